The topological polar surface area (TPSA) is 55.1 Å². The zero-order valence-corrected chi connectivity index (χ0v) is 10.9. The lowest BCUT2D eigenvalue weighted by molar-refractivity contribution is -0.120. The number of nitrogens with one attached hydrogen (secondary N) is 1. The van der Waals surface area contributed by atoms with Gasteiger partial charge in [0.1, 0.15) is 11.6 Å². The number of benzene rings is 1. The normalized spacial score (nSPS) is 10.5. The summed E-state index contributed by atoms with van der Waals surface area (Å²) in [6, 6.07) is 5.99. The molecular formula is C14H15FN2O2. The highest BCUT2D eigenvalue weighted by atomic mass is 19.1. The molecule has 0 saturated heterocycles. The molecule has 0 aliphatic rings. The molecule has 0 radical (unpaired) electrons. The van der Waals surface area contributed by atoms with Gasteiger partial charge in [-0.2, -0.15) is 0 Å². The molecule has 0 aliphatic heterocycles. The van der Waals surface area contributed by atoms with E-state index in [2.05, 4.69) is 10.3 Å². The van der Waals surface area contributed by atoms with Crippen molar-refractivity contribution in [3.8, 4) is 0 Å². The number of nitrogens with zero attached hydrogens (tertiary/aromatic N) is 1. The Morgan fingerprint density at radius 1 is 1.42 bits per heavy atom. The van der Waals surface area contributed by atoms with Crippen molar-refractivity contribution < 1.29 is 13.6 Å². The van der Waals surface area contributed by atoms with E-state index in [9.17, 15) is 9.18 Å². The van der Waals surface area contributed by atoms with E-state index < -0.39 is 0 Å². The van der Waals surface area contributed by atoms with Gasteiger partial charge in [-0.15, -0.1) is 0 Å². The number of aryl methyl sites for hydroxylation is 2. The Balaban J connectivity index is 1.88. The predicted octanol–water partition coefficient (Wildman–Crippen LogP) is 2.29. The lowest BCUT2D eigenvalue weighted by Crippen LogP contribution is -2.24. The standard InChI is InChI=1S/C14H15FN2O2/c1-9-10(2)19-14(17-9)8-16-13(18)7-11-4-3-5-12(15)6-11/h3-6H,7-8H2,1-2H3,(H,16,18). The summed E-state index contributed by atoms with van der Waals surface area (Å²) in [5.74, 6) is 0.681. The maximum Gasteiger partial charge on any atom is 0.224 e. The molecule has 5 heteroatoms. The van der Waals surface area contributed by atoms with E-state index in [1.54, 1.807) is 12.1 Å². The largest absolute Gasteiger partial charge is 0.444 e. The quantitative estimate of drug-likeness (QED) is 0.919. The fourth-order valence-electron chi connectivity index (χ4n) is 1.68. The first-order valence-corrected chi connectivity index (χ1v) is 5.98. The van der Waals surface area contributed by atoms with Crippen LogP contribution in [0.3, 0.4) is 0 Å². The summed E-state index contributed by atoms with van der Waals surface area (Å²) in [6.45, 7) is 3.90. The molecule has 0 unspecified atom stereocenters. The van der Waals surface area contributed by atoms with E-state index in [0.29, 0.717) is 11.5 Å². The maximum absolute atomic E-state index is 13.0. The molecular weight excluding hydrogens is 247 g/mol. The van der Waals surface area contributed by atoms with E-state index in [1.807, 2.05) is 13.8 Å². The number of hydrogen-bond acceptors (Lipinski definition) is 3. The SMILES string of the molecule is Cc1nc(CNC(=O)Cc2cccc(F)c2)oc1C. The zero-order valence-electron chi connectivity index (χ0n) is 10.9. The molecule has 1 aromatic heterocycles. The van der Waals surface area contributed by atoms with Crippen LogP contribution in [0.2, 0.25) is 0 Å². The number of aromatic nitrogens is 1. The Hall–Kier alpha value is -2.17. The van der Waals surface area contributed by atoms with E-state index in [-0.39, 0.29) is 24.7 Å². The highest BCUT2D eigenvalue weighted by Crippen LogP contribution is 2.08. The molecule has 0 saturated carbocycles. The van der Waals surface area contributed by atoms with Gasteiger partial charge in [-0.1, -0.05) is 12.1 Å². The minimum Gasteiger partial charge on any atom is -0.444 e. The fraction of sp³-hybridized carbons (Fsp3) is 0.286. The van der Waals surface area contributed by atoms with Gasteiger partial charge in [0.25, 0.3) is 0 Å². The molecule has 0 spiro atoms. The number of amides is 1. The smallest absolute Gasteiger partial charge is 0.224 e. The van der Waals surface area contributed by atoms with Crippen LogP contribution >= 0.6 is 0 Å². The molecule has 0 aliphatic carbocycles. The van der Waals surface area contributed by atoms with Gasteiger partial charge in [-0.25, -0.2) is 9.37 Å². The Kier molecular flexibility index (Phi) is 3.94. The third-order valence-electron chi connectivity index (χ3n) is 2.76. The summed E-state index contributed by atoms with van der Waals surface area (Å²) in [5, 5.41) is 2.69. The molecule has 1 N–H and O–H groups in total. The number of carbonyl (C=O) groups excluding carboxylic acids is 1. The van der Waals surface area contributed by atoms with Crippen molar-refractivity contribution in [3.05, 3.63) is 53.0 Å². The number of rotatable bonds is 4. The van der Waals surface area contributed by atoms with Gasteiger partial charge in [0.15, 0.2) is 0 Å². The van der Waals surface area contributed by atoms with Crippen molar-refractivity contribution >= 4 is 5.91 Å². The molecule has 100 valence electrons. The van der Waals surface area contributed by atoms with Crippen LogP contribution in [0.25, 0.3) is 0 Å². The minimum atomic E-state index is -0.343. The number of hydrogen-bond donors (Lipinski definition) is 1. The van der Waals surface area contributed by atoms with Crippen LogP contribution in [-0.4, -0.2) is 10.9 Å². The van der Waals surface area contributed by atoms with Gasteiger partial charge in [-0.05, 0) is 31.5 Å². The molecule has 4 nitrogen and oxygen atoms in total. The van der Waals surface area contributed by atoms with E-state index in [1.165, 1.54) is 12.1 Å². The van der Waals surface area contributed by atoms with E-state index in [4.69, 9.17) is 4.42 Å². The average molecular weight is 262 g/mol. The molecule has 0 bridgehead atoms. The third kappa shape index (κ3) is 3.64. The maximum atomic E-state index is 13.0. The van der Waals surface area contributed by atoms with Gasteiger partial charge in [-0.3, -0.25) is 4.79 Å². The first-order valence-electron chi connectivity index (χ1n) is 5.98. The first kappa shape index (κ1) is 13.3. The Morgan fingerprint density at radius 2 is 2.21 bits per heavy atom. The van der Waals surface area contributed by atoms with Crippen molar-refractivity contribution in [2.24, 2.45) is 0 Å². The average Bonchev–Trinajstić information content (AvgIpc) is 2.66. The number of halogens is 1. The summed E-state index contributed by atoms with van der Waals surface area (Å²) in [7, 11) is 0. The Morgan fingerprint density at radius 3 is 2.84 bits per heavy atom. The second-order valence-corrected chi connectivity index (χ2v) is 4.33. The van der Waals surface area contributed by atoms with Crippen molar-refractivity contribution in [2.75, 3.05) is 0 Å². The van der Waals surface area contributed by atoms with Gasteiger partial charge >= 0.3 is 0 Å². The van der Waals surface area contributed by atoms with Crippen LogP contribution in [0.4, 0.5) is 4.39 Å². The third-order valence-corrected chi connectivity index (χ3v) is 2.76. The lowest BCUT2D eigenvalue weighted by atomic mass is 10.1. The van der Waals surface area contributed by atoms with Crippen LogP contribution in [0.5, 0.6) is 0 Å². The number of oxazole rings is 1. The van der Waals surface area contributed by atoms with Crippen molar-refractivity contribution in [1.82, 2.24) is 10.3 Å². The minimum absolute atomic E-state index is 0.135. The molecule has 1 heterocycles. The van der Waals surface area contributed by atoms with Gasteiger partial charge < -0.3 is 9.73 Å². The van der Waals surface area contributed by atoms with Crippen molar-refractivity contribution in [2.45, 2.75) is 26.8 Å². The summed E-state index contributed by atoms with van der Waals surface area (Å²) < 4.78 is 18.3. The van der Waals surface area contributed by atoms with E-state index in [0.717, 1.165) is 11.5 Å². The Bertz CT molecular complexity index is 573. The zero-order chi connectivity index (χ0) is 13.8. The predicted molar refractivity (Wildman–Crippen MR) is 67.9 cm³/mol. The second-order valence-electron chi connectivity index (χ2n) is 4.33. The molecule has 1 aromatic carbocycles. The number of carbonyl (C=O) groups is 1. The molecule has 2 aromatic rings. The summed E-state index contributed by atoms with van der Waals surface area (Å²) in [4.78, 5) is 15.8. The summed E-state index contributed by atoms with van der Waals surface area (Å²) in [6.07, 6.45) is 0.135. The van der Waals surface area contributed by atoms with Gasteiger partial charge in [0, 0.05) is 0 Å². The van der Waals surface area contributed by atoms with Gasteiger partial charge in [0.05, 0.1) is 18.7 Å². The summed E-state index contributed by atoms with van der Waals surface area (Å²) >= 11 is 0. The molecule has 1 amide bonds. The first-order chi connectivity index (χ1) is 9.04. The van der Waals surface area contributed by atoms with Gasteiger partial charge in [0.2, 0.25) is 11.8 Å². The lowest BCUT2D eigenvalue weighted by Gasteiger charge is -2.03. The van der Waals surface area contributed by atoms with Crippen LogP contribution in [0, 0.1) is 19.7 Å². The van der Waals surface area contributed by atoms with Crippen LogP contribution in [0.1, 0.15) is 22.9 Å². The summed E-state index contributed by atoms with van der Waals surface area (Å²) in [5.41, 5.74) is 1.45. The van der Waals surface area contributed by atoms with Crippen molar-refractivity contribution in [1.29, 1.82) is 0 Å². The fourth-order valence-corrected chi connectivity index (χ4v) is 1.68. The monoisotopic (exact) mass is 262 g/mol. The highest BCUT2D eigenvalue weighted by Gasteiger charge is 2.08. The molecule has 0 fully saturated rings. The second kappa shape index (κ2) is 5.65. The molecule has 19 heavy (non-hydrogen) atoms. The van der Waals surface area contributed by atoms with Crippen LogP contribution in [-0.2, 0) is 17.8 Å². The van der Waals surface area contributed by atoms with Crippen LogP contribution < -0.4 is 5.32 Å². The Labute approximate surface area is 110 Å². The molecule has 2 rings (SSSR count). The highest BCUT2D eigenvalue weighted by molar-refractivity contribution is 5.78. The van der Waals surface area contributed by atoms with Crippen molar-refractivity contribution in [3.63, 3.8) is 0 Å². The van der Waals surface area contributed by atoms with Crippen LogP contribution in [0.15, 0.2) is 28.7 Å². The van der Waals surface area contributed by atoms with E-state index >= 15 is 0 Å². The molecule has 0 atom stereocenters.